The molecule has 1 aromatic heterocycles. The minimum atomic E-state index is -0.137. The largest absolute Gasteiger partial charge is 0.383 e. The second-order valence-electron chi connectivity index (χ2n) is 6.96. The highest BCUT2D eigenvalue weighted by molar-refractivity contribution is 7.80. The van der Waals surface area contributed by atoms with Crippen LogP contribution in [0.5, 0.6) is 0 Å². The Labute approximate surface area is 175 Å². The Morgan fingerprint density at radius 2 is 2.03 bits per heavy atom. The fourth-order valence-electron chi connectivity index (χ4n) is 3.53. The molecule has 29 heavy (non-hydrogen) atoms. The molecule has 1 aliphatic heterocycles. The molecule has 0 aliphatic carbocycles. The molecule has 3 rings (SSSR count). The maximum Gasteiger partial charge on any atom is 0.276 e. The third-order valence-corrected chi connectivity index (χ3v) is 5.63. The quantitative estimate of drug-likeness (QED) is 0.426. The van der Waals surface area contributed by atoms with Crippen molar-refractivity contribution in [1.29, 1.82) is 0 Å². The normalized spacial score (nSPS) is 15.8. The smallest absolute Gasteiger partial charge is 0.276 e. The molecule has 1 fully saturated rings. The standard InChI is InChI=1S/C21H26N4O3S/c1-5-14-7-6-8-16-15(11-17-20(27)24(3)21(29)23(17)2)12-25(19(14)16)13-18(26)22-9-10-28-4/h6-8,11-12H,5,9-10,13H2,1-4H3,(H,22,26)/b17-11-. The number of amides is 2. The van der Waals surface area contributed by atoms with Crippen LogP contribution in [0, 0.1) is 0 Å². The summed E-state index contributed by atoms with van der Waals surface area (Å²) in [4.78, 5) is 28.1. The molecule has 0 spiro atoms. The van der Waals surface area contributed by atoms with Gasteiger partial charge in [-0.3, -0.25) is 14.5 Å². The second kappa shape index (κ2) is 8.75. The van der Waals surface area contributed by atoms with E-state index in [4.69, 9.17) is 17.0 Å². The number of methoxy groups -OCH3 is 1. The number of fused-ring (bicyclic) bond motifs is 1. The van der Waals surface area contributed by atoms with Crippen LogP contribution in [0.15, 0.2) is 30.1 Å². The Bertz CT molecular complexity index is 995. The molecular formula is C21H26N4O3S. The van der Waals surface area contributed by atoms with Gasteiger partial charge in [0.15, 0.2) is 5.11 Å². The van der Waals surface area contributed by atoms with Crippen LogP contribution in [0.2, 0.25) is 0 Å². The number of para-hydroxylation sites is 1. The molecule has 2 aromatic rings. The van der Waals surface area contributed by atoms with Crippen LogP contribution in [-0.2, 0) is 27.3 Å². The van der Waals surface area contributed by atoms with Gasteiger partial charge in [-0.05, 0) is 30.3 Å². The number of rotatable bonds is 7. The Kier molecular flexibility index (Phi) is 6.34. The van der Waals surface area contributed by atoms with Crippen LogP contribution in [-0.4, -0.2) is 65.7 Å². The zero-order chi connectivity index (χ0) is 21.1. The summed E-state index contributed by atoms with van der Waals surface area (Å²) in [5.41, 5.74) is 3.56. The minimum Gasteiger partial charge on any atom is -0.383 e. The molecule has 7 nitrogen and oxygen atoms in total. The zero-order valence-electron chi connectivity index (χ0n) is 17.2. The highest BCUT2D eigenvalue weighted by Gasteiger charge is 2.33. The fourth-order valence-corrected chi connectivity index (χ4v) is 3.71. The summed E-state index contributed by atoms with van der Waals surface area (Å²) in [5, 5.41) is 4.33. The Balaban J connectivity index is 2.03. The molecule has 0 unspecified atom stereocenters. The van der Waals surface area contributed by atoms with Gasteiger partial charge in [0.2, 0.25) is 5.91 Å². The van der Waals surface area contributed by atoms with Crippen molar-refractivity contribution in [2.75, 3.05) is 34.4 Å². The van der Waals surface area contributed by atoms with Crippen molar-refractivity contribution < 1.29 is 14.3 Å². The fraction of sp³-hybridized carbons (Fsp3) is 0.381. The van der Waals surface area contributed by atoms with E-state index in [2.05, 4.69) is 18.3 Å². The Morgan fingerprint density at radius 3 is 2.66 bits per heavy atom. The summed E-state index contributed by atoms with van der Waals surface area (Å²) < 4.78 is 6.93. The summed E-state index contributed by atoms with van der Waals surface area (Å²) in [7, 11) is 5.06. The average molecular weight is 415 g/mol. The predicted octanol–water partition coefficient (Wildman–Crippen LogP) is 2.00. The van der Waals surface area contributed by atoms with Gasteiger partial charge in [-0.2, -0.15) is 0 Å². The molecule has 0 radical (unpaired) electrons. The van der Waals surface area contributed by atoms with Crippen molar-refractivity contribution in [2.24, 2.45) is 0 Å². The third-order valence-electron chi connectivity index (χ3n) is 5.09. The van der Waals surface area contributed by atoms with Crippen molar-refractivity contribution in [3.05, 3.63) is 41.2 Å². The van der Waals surface area contributed by atoms with Crippen molar-refractivity contribution in [3.8, 4) is 0 Å². The van der Waals surface area contributed by atoms with E-state index in [1.165, 1.54) is 4.90 Å². The molecule has 1 aromatic carbocycles. The first-order valence-electron chi connectivity index (χ1n) is 9.52. The van der Waals surface area contributed by atoms with Crippen LogP contribution >= 0.6 is 12.2 Å². The number of ether oxygens (including phenoxy) is 1. The van der Waals surface area contributed by atoms with E-state index in [9.17, 15) is 9.59 Å². The van der Waals surface area contributed by atoms with Gasteiger partial charge in [-0.1, -0.05) is 25.1 Å². The molecule has 2 amide bonds. The number of carbonyl (C=O) groups is 2. The van der Waals surface area contributed by atoms with Crippen LogP contribution in [0.3, 0.4) is 0 Å². The molecule has 0 atom stereocenters. The van der Waals surface area contributed by atoms with E-state index in [1.54, 1.807) is 26.1 Å². The SMILES string of the molecule is CCc1cccc2c(/C=C3/C(=O)N(C)C(=S)N3C)cn(CC(=O)NCCOC)c12. The number of likely N-dealkylation sites (N-methyl/N-ethyl adjacent to an activating group) is 2. The summed E-state index contributed by atoms with van der Waals surface area (Å²) in [5.74, 6) is -0.221. The van der Waals surface area contributed by atoms with E-state index in [0.717, 1.165) is 28.5 Å². The average Bonchev–Trinajstić information content (AvgIpc) is 3.14. The van der Waals surface area contributed by atoms with Crippen molar-refractivity contribution in [2.45, 2.75) is 19.9 Å². The number of hydrogen-bond acceptors (Lipinski definition) is 4. The number of benzene rings is 1. The maximum atomic E-state index is 12.6. The molecule has 2 heterocycles. The summed E-state index contributed by atoms with van der Waals surface area (Å²) >= 11 is 5.30. The van der Waals surface area contributed by atoms with E-state index < -0.39 is 0 Å². The lowest BCUT2D eigenvalue weighted by molar-refractivity contribution is -0.122. The molecule has 1 aliphatic rings. The second-order valence-corrected chi connectivity index (χ2v) is 7.32. The van der Waals surface area contributed by atoms with E-state index in [0.29, 0.717) is 24.0 Å². The van der Waals surface area contributed by atoms with Crippen LogP contribution in [0.4, 0.5) is 0 Å². The van der Waals surface area contributed by atoms with E-state index >= 15 is 0 Å². The first-order chi connectivity index (χ1) is 13.9. The lowest BCUT2D eigenvalue weighted by Gasteiger charge is -2.10. The number of hydrogen-bond donors (Lipinski definition) is 1. The number of nitrogens with zero attached hydrogens (tertiary/aromatic N) is 3. The monoisotopic (exact) mass is 414 g/mol. The van der Waals surface area contributed by atoms with E-state index in [1.807, 2.05) is 29.0 Å². The van der Waals surface area contributed by atoms with Gasteiger partial charge >= 0.3 is 0 Å². The van der Waals surface area contributed by atoms with Gasteiger partial charge < -0.3 is 19.5 Å². The maximum absolute atomic E-state index is 12.6. The number of nitrogens with one attached hydrogen (secondary N) is 1. The van der Waals surface area contributed by atoms with Gasteiger partial charge in [-0.15, -0.1) is 0 Å². The van der Waals surface area contributed by atoms with Gasteiger partial charge in [-0.25, -0.2) is 0 Å². The van der Waals surface area contributed by atoms with Crippen LogP contribution in [0.25, 0.3) is 17.0 Å². The summed E-state index contributed by atoms with van der Waals surface area (Å²) in [6, 6.07) is 6.08. The first-order valence-corrected chi connectivity index (χ1v) is 9.93. The highest BCUT2D eigenvalue weighted by atomic mass is 32.1. The van der Waals surface area contributed by atoms with Crippen molar-refractivity contribution in [1.82, 2.24) is 19.7 Å². The van der Waals surface area contributed by atoms with Crippen molar-refractivity contribution >= 4 is 46.1 Å². The number of aryl methyl sites for hydroxylation is 1. The van der Waals surface area contributed by atoms with E-state index in [-0.39, 0.29) is 18.4 Å². The van der Waals surface area contributed by atoms with Crippen LogP contribution in [0.1, 0.15) is 18.1 Å². The Morgan fingerprint density at radius 1 is 1.28 bits per heavy atom. The molecule has 154 valence electrons. The predicted molar refractivity (Wildman–Crippen MR) is 117 cm³/mol. The third kappa shape index (κ3) is 4.04. The van der Waals surface area contributed by atoms with Gasteiger partial charge in [0.05, 0.1) is 12.1 Å². The number of carbonyl (C=O) groups excluding carboxylic acids is 2. The van der Waals surface area contributed by atoms with Crippen molar-refractivity contribution in [3.63, 3.8) is 0 Å². The molecule has 1 saturated heterocycles. The lowest BCUT2D eigenvalue weighted by atomic mass is 10.1. The topological polar surface area (TPSA) is 66.8 Å². The van der Waals surface area contributed by atoms with Gasteiger partial charge in [0.25, 0.3) is 5.91 Å². The van der Waals surface area contributed by atoms with Gasteiger partial charge in [0, 0.05) is 44.9 Å². The molecule has 1 N–H and O–H groups in total. The molecular weight excluding hydrogens is 388 g/mol. The van der Waals surface area contributed by atoms with Crippen LogP contribution < -0.4 is 5.32 Å². The summed E-state index contributed by atoms with van der Waals surface area (Å²) in [6.07, 6.45) is 4.61. The van der Waals surface area contributed by atoms with Gasteiger partial charge in [0.1, 0.15) is 12.2 Å². The minimum absolute atomic E-state index is 0.0842. The molecule has 0 saturated carbocycles. The first kappa shape index (κ1) is 21.0. The number of thiocarbonyl (C=S) groups is 1. The Hall–Kier alpha value is -2.71. The lowest BCUT2D eigenvalue weighted by Crippen LogP contribution is -2.30. The number of aromatic nitrogens is 1. The molecule has 8 heteroatoms. The summed E-state index contributed by atoms with van der Waals surface area (Å²) in [6.45, 7) is 3.22. The highest BCUT2D eigenvalue weighted by Crippen LogP contribution is 2.29. The zero-order valence-corrected chi connectivity index (χ0v) is 18.0. The molecule has 0 bridgehead atoms.